The molecular weight excluding hydrogens is 208 g/mol. The standard InChI is InChI=1S/C11H20N2O3/c1-4-10(14)13-6-8(11(15)16-3)5-9(7-13)12-2/h8-9,12H,4-7H2,1-3H3. The fourth-order valence-corrected chi connectivity index (χ4v) is 2.07. The largest absolute Gasteiger partial charge is 0.469 e. The number of esters is 1. The smallest absolute Gasteiger partial charge is 0.310 e. The minimum atomic E-state index is -0.228. The Hall–Kier alpha value is -1.10. The molecule has 0 radical (unpaired) electrons. The van der Waals surface area contributed by atoms with Gasteiger partial charge in [-0.05, 0) is 13.5 Å². The highest BCUT2D eigenvalue weighted by molar-refractivity contribution is 5.78. The molecule has 0 spiro atoms. The van der Waals surface area contributed by atoms with E-state index in [1.54, 1.807) is 4.90 Å². The van der Waals surface area contributed by atoms with E-state index in [2.05, 4.69) is 5.32 Å². The second kappa shape index (κ2) is 5.84. The lowest BCUT2D eigenvalue weighted by molar-refractivity contribution is -0.149. The molecule has 1 saturated heterocycles. The summed E-state index contributed by atoms with van der Waals surface area (Å²) in [5.74, 6) is -0.339. The van der Waals surface area contributed by atoms with Crippen LogP contribution in [0, 0.1) is 5.92 Å². The molecule has 0 aliphatic carbocycles. The first-order valence-corrected chi connectivity index (χ1v) is 5.65. The first-order chi connectivity index (χ1) is 7.62. The summed E-state index contributed by atoms with van der Waals surface area (Å²) >= 11 is 0. The van der Waals surface area contributed by atoms with Crippen molar-refractivity contribution in [1.82, 2.24) is 10.2 Å². The van der Waals surface area contributed by atoms with Crippen molar-refractivity contribution in [2.75, 3.05) is 27.2 Å². The quantitative estimate of drug-likeness (QED) is 0.691. The normalized spacial score (nSPS) is 25.3. The number of likely N-dealkylation sites (tertiary alicyclic amines) is 1. The summed E-state index contributed by atoms with van der Waals surface area (Å²) in [6, 6.07) is 0.174. The van der Waals surface area contributed by atoms with Crippen molar-refractivity contribution < 1.29 is 14.3 Å². The number of ether oxygens (including phenoxy) is 1. The third-order valence-electron chi connectivity index (χ3n) is 3.05. The number of carbonyl (C=O) groups excluding carboxylic acids is 2. The van der Waals surface area contributed by atoms with E-state index in [1.165, 1.54) is 7.11 Å². The second-order valence-electron chi connectivity index (χ2n) is 4.09. The summed E-state index contributed by atoms with van der Waals surface area (Å²) in [4.78, 5) is 24.9. The number of rotatable bonds is 3. The van der Waals surface area contributed by atoms with Crippen molar-refractivity contribution in [2.45, 2.75) is 25.8 Å². The van der Waals surface area contributed by atoms with E-state index >= 15 is 0 Å². The number of likely N-dealkylation sites (N-methyl/N-ethyl adjacent to an activating group) is 1. The SMILES string of the molecule is CCC(=O)N1CC(NC)CC(C(=O)OC)C1. The molecule has 2 atom stereocenters. The highest BCUT2D eigenvalue weighted by Gasteiger charge is 2.33. The zero-order valence-electron chi connectivity index (χ0n) is 10.2. The Kier molecular flexibility index (Phi) is 4.73. The maximum absolute atomic E-state index is 11.6. The molecule has 0 saturated carbocycles. The van der Waals surface area contributed by atoms with Gasteiger partial charge in [-0.1, -0.05) is 6.92 Å². The van der Waals surface area contributed by atoms with Crippen molar-refractivity contribution in [3.63, 3.8) is 0 Å². The van der Waals surface area contributed by atoms with E-state index in [1.807, 2.05) is 14.0 Å². The van der Waals surface area contributed by atoms with Crippen LogP contribution in [0.1, 0.15) is 19.8 Å². The predicted molar refractivity (Wildman–Crippen MR) is 59.8 cm³/mol. The first kappa shape index (κ1) is 13.0. The fourth-order valence-electron chi connectivity index (χ4n) is 2.07. The topological polar surface area (TPSA) is 58.6 Å². The van der Waals surface area contributed by atoms with Crippen LogP contribution in [0.2, 0.25) is 0 Å². The van der Waals surface area contributed by atoms with Crippen LogP contribution in [-0.4, -0.2) is 50.1 Å². The average molecular weight is 228 g/mol. The van der Waals surface area contributed by atoms with E-state index < -0.39 is 0 Å². The number of hydrogen-bond acceptors (Lipinski definition) is 4. The summed E-state index contributed by atoms with van der Waals surface area (Å²) in [7, 11) is 3.23. The maximum Gasteiger partial charge on any atom is 0.310 e. The zero-order chi connectivity index (χ0) is 12.1. The van der Waals surface area contributed by atoms with Crippen molar-refractivity contribution >= 4 is 11.9 Å². The highest BCUT2D eigenvalue weighted by Crippen LogP contribution is 2.18. The summed E-state index contributed by atoms with van der Waals surface area (Å²) in [6.07, 6.45) is 1.21. The molecule has 1 rings (SSSR count). The molecule has 1 aliphatic rings. The molecule has 1 aliphatic heterocycles. The van der Waals surface area contributed by atoms with Gasteiger partial charge in [-0.25, -0.2) is 0 Å². The Bertz CT molecular complexity index is 244. The average Bonchev–Trinajstić information content (AvgIpc) is 2.35. The highest BCUT2D eigenvalue weighted by atomic mass is 16.5. The van der Waals surface area contributed by atoms with E-state index in [-0.39, 0.29) is 23.8 Å². The molecule has 2 unspecified atom stereocenters. The first-order valence-electron chi connectivity index (χ1n) is 5.65. The van der Waals surface area contributed by atoms with E-state index in [4.69, 9.17) is 4.74 Å². The molecule has 1 heterocycles. The Morgan fingerprint density at radius 2 is 2.12 bits per heavy atom. The molecule has 5 heteroatoms. The molecule has 5 nitrogen and oxygen atoms in total. The molecule has 0 bridgehead atoms. The van der Waals surface area contributed by atoms with Gasteiger partial charge in [-0.15, -0.1) is 0 Å². The lowest BCUT2D eigenvalue weighted by Gasteiger charge is -2.36. The minimum Gasteiger partial charge on any atom is -0.469 e. The molecule has 0 aromatic carbocycles. The van der Waals surface area contributed by atoms with Crippen LogP contribution in [0.15, 0.2) is 0 Å². The van der Waals surface area contributed by atoms with Crippen molar-refractivity contribution in [1.29, 1.82) is 0 Å². The van der Waals surface area contributed by atoms with Crippen LogP contribution < -0.4 is 5.32 Å². The number of carbonyl (C=O) groups is 2. The van der Waals surface area contributed by atoms with Gasteiger partial charge < -0.3 is 15.0 Å². The van der Waals surface area contributed by atoms with Crippen LogP contribution in [0.3, 0.4) is 0 Å². The molecule has 1 fully saturated rings. The molecule has 92 valence electrons. The Morgan fingerprint density at radius 3 is 2.62 bits per heavy atom. The Labute approximate surface area is 96.1 Å². The van der Waals surface area contributed by atoms with Gasteiger partial charge in [0.05, 0.1) is 13.0 Å². The number of nitrogens with one attached hydrogen (secondary N) is 1. The number of piperidine rings is 1. The van der Waals surface area contributed by atoms with Gasteiger partial charge in [0.15, 0.2) is 0 Å². The molecule has 0 aromatic heterocycles. The second-order valence-corrected chi connectivity index (χ2v) is 4.09. The van der Waals surface area contributed by atoms with Gasteiger partial charge in [0.1, 0.15) is 0 Å². The Morgan fingerprint density at radius 1 is 1.44 bits per heavy atom. The summed E-state index contributed by atoms with van der Waals surface area (Å²) in [5.41, 5.74) is 0. The van der Waals surface area contributed by atoms with Crippen LogP contribution >= 0.6 is 0 Å². The zero-order valence-corrected chi connectivity index (χ0v) is 10.2. The van der Waals surface area contributed by atoms with Crippen LogP contribution in [0.25, 0.3) is 0 Å². The number of amides is 1. The third kappa shape index (κ3) is 2.95. The van der Waals surface area contributed by atoms with E-state index in [0.29, 0.717) is 19.5 Å². The van der Waals surface area contributed by atoms with Crippen molar-refractivity contribution in [3.8, 4) is 0 Å². The summed E-state index contributed by atoms with van der Waals surface area (Å²) in [6.45, 7) is 2.99. The summed E-state index contributed by atoms with van der Waals surface area (Å²) in [5, 5.41) is 3.12. The molecular formula is C11H20N2O3. The predicted octanol–water partition coefficient (Wildman–Crippen LogP) is 0.00590. The van der Waals surface area contributed by atoms with Crippen molar-refractivity contribution in [3.05, 3.63) is 0 Å². The van der Waals surface area contributed by atoms with Gasteiger partial charge in [-0.3, -0.25) is 9.59 Å². The van der Waals surface area contributed by atoms with Gasteiger partial charge in [0.25, 0.3) is 0 Å². The molecule has 0 aromatic rings. The van der Waals surface area contributed by atoms with E-state index in [0.717, 1.165) is 6.42 Å². The number of nitrogens with zero attached hydrogens (tertiary/aromatic N) is 1. The third-order valence-corrected chi connectivity index (χ3v) is 3.05. The fraction of sp³-hybridized carbons (Fsp3) is 0.818. The van der Waals surface area contributed by atoms with Crippen LogP contribution in [0.5, 0.6) is 0 Å². The molecule has 1 amide bonds. The summed E-state index contributed by atoms with van der Waals surface area (Å²) < 4.78 is 4.74. The van der Waals surface area contributed by atoms with Crippen molar-refractivity contribution in [2.24, 2.45) is 5.92 Å². The number of hydrogen-bond donors (Lipinski definition) is 1. The van der Waals surface area contributed by atoms with E-state index in [9.17, 15) is 9.59 Å². The monoisotopic (exact) mass is 228 g/mol. The van der Waals surface area contributed by atoms with Gasteiger partial charge in [-0.2, -0.15) is 0 Å². The van der Waals surface area contributed by atoms with Gasteiger partial charge >= 0.3 is 5.97 Å². The lowest BCUT2D eigenvalue weighted by atomic mass is 9.94. The Balaban J connectivity index is 2.68. The molecule has 1 N–H and O–H groups in total. The number of methoxy groups -OCH3 is 1. The molecule has 16 heavy (non-hydrogen) atoms. The van der Waals surface area contributed by atoms with Crippen LogP contribution in [-0.2, 0) is 14.3 Å². The lowest BCUT2D eigenvalue weighted by Crippen LogP contribution is -2.52. The maximum atomic E-state index is 11.6. The van der Waals surface area contributed by atoms with Gasteiger partial charge in [0, 0.05) is 25.6 Å². The van der Waals surface area contributed by atoms with Gasteiger partial charge in [0.2, 0.25) is 5.91 Å². The minimum absolute atomic E-state index is 0.0915. The van der Waals surface area contributed by atoms with Crippen LogP contribution in [0.4, 0.5) is 0 Å².